The van der Waals surface area contributed by atoms with Crippen molar-refractivity contribution in [1.29, 1.82) is 0 Å². The molecule has 0 spiro atoms. The SMILES string of the molecule is COc1ccc(CN2CCC([C@H](NC(=O)CC(C)C)c3ccccn3)CC2)cc1CO. The number of benzene rings is 1. The van der Waals surface area contributed by atoms with Crippen LogP contribution in [0.4, 0.5) is 0 Å². The Morgan fingerprint density at radius 3 is 2.65 bits per heavy atom. The Morgan fingerprint density at radius 2 is 2.03 bits per heavy atom. The van der Waals surface area contributed by atoms with E-state index >= 15 is 0 Å². The molecule has 0 aliphatic carbocycles. The number of hydrogen-bond donors (Lipinski definition) is 2. The second-order valence-corrected chi connectivity index (χ2v) is 8.82. The van der Waals surface area contributed by atoms with Crippen LogP contribution < -0.4 is 10.1 Å². The molecule has 1 amide bonds. The quantitative estimate of drug-likeness (QED) is 0.641. The zero-order valence-electron chi connectivity index (χ0n) is 18.9. The van der Waals surface area contributed by atoms with Crippen molar-refractivity contribution in [3.05, 3.63) is 59.4 Å². The van der Waals surface area contributed by atoms with Gasteiger partial charge in [0.05, 0.1) is 25.5 Å². The van der Waals surface area contributed by atoms with Crippen molar-refractivity contribution < 1.29 is 14.6 Å². The van der Waals surface area contributed by atoms with Crippen molar-refractivity contribution in [3.63, 3.8) is 0 Å². The molecule has 0 bridgehead atoms. The Morgan fingerprint density at radius 1 is 1.26 bits per heavy atom. The van der Waals surface area contributed by atoms with Gasteiger partial charge in [0.2, 0.25) is 5.91 Å². The molecule has 6 nitrogen and oxygen atoms in total. The van der Waals surface area contributed by atoms with Crippen molar-refractivity contribution in [3.8, 4) is 5.75 Å². The van der Waals surface area contributed by atoms with Gasteiger partial charge in [0.25, 0.3) is 0 Å². The van der Waals surface area contributed by atoms with Crippen LogP contribution in [0.2, 0.25) is 0 Å². The van der Waals surface area contributed by atoms with Crippen molar-refractivity contribution in [2.75, 3.05) is 20.2 Å². The lowest BCUT2D eigenvalue weighted by molar-refractivity contribution is -0.123. The summed E-state index contributed by atoms with van der Waals surface area (Å²) in [6.07, 6.45) is 4.35. The lowest BCUT2D eigenvalue weighted by Gasteiger charge is -2.36. The van der Waals surface area contributed by atoms with Crippen LogP contribution in [0.1, 0.15) is 56.0 Å². The second kappa shape index (κ2) is 11.3. The molecule has 0 radical (unpaired) electrons. The smallest absolute Gasteiger partial charge is 0.220 e. The lowest BCUT2D eigenvalue weighted by Crippen LogP contribution is -2.41. The van der Waals surface area contributed by atoms with Gasteiger partial charge in [0.15, 0.2) is 0 Å². The molecular formula is C25H35N3O3. The molecule has 1 fully saturated rings. The van der Waals surface area contributed by atoms with Crippen molar-refractivity contribution in [1.82, 2.24) is 15.2 Å². The first-order chi connectivity index (χ1) is 15.0. The molecule has 2 aromatic rings. The molecular weight excluding hydrogens is 390 g/mol. The van der Waals surface area contributed by atoms with Gasteiger partial charge < -0.3 is 15.2 Å². The van der Waals surface area contributed by atoms with E-state index in [1.54, 1.807) is 13.3 Å². The summed E-state index contributed by atoms with van der Waals surface area (Å²) >= 11 is 0. The first-order valence-electron chi connectivity index (χ1n) is 11.2. The third-order valence-electron chi connectivity index (χ3n) is 5.94. The van der Waals surface area contributed by atoms with Gasteiger partial charge in [-0.05, 0) is 67.6 Å². The Kier molecular flexibility index (Phi) is 8.43. The summed E-state index contributed by atoms with van der Waals surface area (Å²) in [6, 6.07) is 11.9. The number of aliphatic hydroxyl groups is 1. The average molecular weight is 426 g/mol. The number of likely N-dealkylation sites (tertiary alicyclic amines) is 1. The van der Waals surface area contributed by atoms with Gasteiger partial charge >= 0.3 is 0 Å². The van der Waals surface area contributed by atoms with Crippen LogP contribution in [0, 0.1) is 11.8 Å². The number of ether oxygens (including phenoxy) is 1. The van der Waals surface area contributed by atoms with Crippen LogP contribution in [-0.2, 0) is 17.9 Å². The number of piperidine rings is 1. The number of hydrogen-bond acceptors (Lipinski definition) is 5. The summed E-state index contributed by atoms with van der Waals surface area (Å²) < 4.78 is 5.31. The van der Waals surface area contributed by atoms with Crippen LogP contribution in [0.15, 0.2) is 42.6 Å². The minimum atomic E-state index is -0.0448. The predicted molar refractivity (Wildman–Crippen MR) is 121 cm³/mol. The first kappa shape index (κ1) is 23.2. The van der Waals surface area contributed by atoms with E-state index in [4.69, 9.17) is 4.74 Å². The fourth-order valence-electron chi connectivity index (χ4n) is 4.35. The molecule has 1 aromatic heterocycles. The van der Waals surface area contributed by atoms with Gasteiger partial charge in [0, 0.05) is 24.7 Å². The normalized spacial score (nSPS) is 16.3. The van der Waals surface area contributed by atoms with Crippen molar-refractivity contribution in [2.24, 2.45) is 11.8 Å². The molecule has 0 unspecified atom stereocenters. The molecule has 6 heteroatoms. The summed E-state index contributed by atoms with van der Waals surface area (Å²) in [7, 11) is 1.62. The van der Waals surface area contributed by atoms with E-state index in [0.29, 0.717) is 18.3 Å². The number of aromatic nitrogens is 1. The van der Waals surface area contributed by atoms with Crippen molar-refractivity contribution >= 4 is 5.91 Å². The Bertz CT molecular complexity index is 833. The highest BCUT2D eigenvalue weighted by molar-refractivity contribution is 5.76. The number of nitrogens with zero attached hydrogens (tertiary/aromatic N) is 2. The second-order valence-electron chi connectivity index (χ2n) is 8.82. The van der Waals surface area contributed by atoms with Gasteiger partial charge in [-0.1, -0.05) is 26.0 Å². The van der Waals surface area contributed by atoms with E-state index in [2.05, 4.69) is 35.1 Å². The summed E-state index contributed by atoms with van der Waals surface area (Å²) in [5, 5.41) is 12.8. The minimum Gasteiger partial charge on any atom is -0.496 e. The Balaban J connectivity index is 1.63. The van der Waals surface area contributed by atoms with Crippen LogP contribution in [0.25, 0.3) is 0 Å². The highest BCUT2D eigenvalue weighted by Crippen LogP contribution is 2.31. The molecule has 3 rings (SSSR count). The monoisotopic (exact) mass is 425 g/mol. The lowest BCUT2D eigenvalue weighted by atomic mass is 9.87. The van der Waals surface area contributed by atoms with Crippen LogP contribution >= 0.6 is 0 Å². The minimum absolute atomic E-state index is 0.0269. The standard InChI is InChI=1S/C25H35N3O3/c1-18(2)14-24(30)27-25(22-6-4-5-11-26-22)20-9-12-28(13-10-20)16-19-7-8-23(31-3)21(15-19)17-29/h4-8,11,15,18,20,25,29H,9-10,12-14,16-17H2,1-3H3,(H,27,30)/t25-/m0/s1. The topological polar surface area (TPSA) is 74.7 Å². The van der Waals surface area contributed by atoms with E-state index in [1.807, 2.05) is 30.3 Å². The summed E-state index contributed by atoms with van der Waals surface area (Å²) in [6.45, 7) is 6.88. The van der Waals surface area contributed by atoms with Gasteiger partial charge in [-0.25, -0.2) is 0 Å². The number of amides is 1. The molecule has 2 heterocycles. The molecule has 1 aromatic carbocycles. The third-order valence-corrected chi connectivity index (χ3v) is 5.94. The number of pyridine rings is 1. The molecule has 168 valence electrons. The molecule has 1 aliphatic heterocycles. The number of nitrogens with one attached hydrogen (secondary N) is 1. The number of rotatable bonds is 9. The van der Waals surface area contributed by atoms with E-state index in [0.717, 1.165) is 49.5 Å². The van der Waals surface area contributed by atoms with Gasteiger partial charge in [-0.15, -0.1) is 0 Å². The average Bonchev–Trinajstić information content (AvgIpc) is 2.78. The summed E-state index contributed by atoms with van der Waals surface area (Å²) in [5.41, 5.74) is 2.94. The van der Waals surface area contributed by atoms with Crippen LogP contribution in [0.3, 0.4) is 0 Å². The van der Waals surface area contributed by atoms with Crippen LogP contribution in [0.5, 0.6) is 5.75 Å². The highest BCUT2D eigenvalue weighted by atomic mass is 16.5. The highest BCUT2D eigenvalue weighted by Gasteiger charge is 2.30. The number of carbonyl (C=O) groups excluding carboxylic acids is 1. The number of carbonyl (C=O) groups is 1. The summed E-state index contributed by atoms with van der Waals surface area (Å²) in [5.74, 6) is 1.52. The fraction of sp³-hybridized carbons (Fsp3) is 0.520. The molecule has 2 N–H and O–H groups in total. The van der Waals surface area contributed by atoms with Gasteiger partial charge in [-0.2, -0.15) is 0 Å². The molecule has 0 saturated carbocycles. The van der Waals surface area contributed by atoms with Crippen LogP contribution in [-0.4, -0.2) is 41.1 Å². The largest absolute Gasteiger partial charge is 0.496 e. The zero-order valence-corrected chi connectivity index (χ0v) is 18.9. The molecule has 1 atom stereocenters. The maximum absolute atomic E-state index is 12.5. The van der Waals surface area contributed by atoms with Crippen molar-refractivity contribution in [2.45, 2.75) is 52.3 Å². The van der Waals surface area contributed by atoms with Gasteiger partial charge in [-0.3, -0.25) is 14.7 Å². The molecule has 1 aliphatic rings. The van der Waals surface area contributed by atoms with E-state index in [1.165, 1.54) is 5.56 Å². The van der Waals surface area contributed by atoms with E-state index in [9.17, 15) is 9.90 Å². The van der Waals surface area contributed by atoms with E-state index < -0.39 is 0 Å². The number of aliphatic hydroxyl groups excluding tert-OH is 1. The van der Waals surface area contributed by atoms with Gasteiger partial charge in [0.1, 0.15) is 5.75 Å². The van der Waals surface area contributed by atoms with E-state index in [-0.39, 0.29) is 18.6 Å². The maximum Gasteiger partial charge on any atom is 0.220 e. The maximum atomic E-state index is 12.5. The Hall–Kier alpha value is -2.44. The fourth-order valence-corrected chi connectivity index (χ4v) is 4.35. The zero-order chi connectivity index (χ0) is 22.2. The number of methoxy groups -OCH3 is 1. The molecule has 31 heavy (non-hydrogen) atoms. The first-order valence-corrected chi connectivity index (χ1v) is 11.2. The Labute approximate surface area is 185 Å². The summed E-state index contributed by atoms with van der Waals surface area (Å²) in [4.78, 5) is 19.5. The molecule has 1 saturated heterocycles. The third kappa shape index (κ3) is 6.52. The predicted octanol–water partition coefficient (Wildman–Crippen LogP) is 3.70.